The SMILES string of the molecule is C=CC(c1ccccc1)C(O)c1c(C)n(C)c(=O)n(C)c1=O. The van der Waals surface area contributed by atoms with Crippen molar-refractivity contribution in [2.45, 2.75) is 18.9 Å². The highest BCUT2D eigenvalue weighted by Gasteiger charge is 2.26. The topological polar surface area (TPSA) is 64.2 Å². The van der Waals surface area contributed by atoms with Gasteiger partial charge in [-0.1, -0.05) is 36.4 Å². The molecule has 22 heavy (non-hydrogen) atoms. The van der Waals surface area contributed by atoms with Gasteiger partial charge in [0.25, 0.3) is 5.56 Å². The first-order valence-corrected chi connectivity index (χ1v) is 7.02. The summed E-state index contributed by atoms with van der Waals surface area (Å²) in [7, 11) is 2.99. The maximum atomic E-state index is 12.4. The van der Waals surface area contributed by atoms with Gasteiger partial charge in [0, 0.05) is 25.7 Å². The number of aliphatic hydroxyl groups excluding tert-OH is 1. The first-order valence-electron chi connectivity index (χ1n) is 7.02. The van der Waals surface area contributed by atoms with Crippen molar-refractivity contribution < 1.29 is 5.11 Å². The maximum Gasteiger partial charge on any atom is 0.330 e. The van der Waals surface area contributed by atoms with Crippen LogP contribution in [0.25, 0.3) is 0 Å². The molecule has 2 atom stereocenters. The van der Waals surface area contributed by atoms with E-state index in [1.807, 2.05) is 30.3 Å². The number of benzene rings is 1. The van der Waals surface area contributed by atoms with Crippen molar-refractivity contribution in [2.24, 2.45) is 14.1 Å². The fraction of sp³-hybridized carbons (Fsp3) is 0.294. The summed E-state index contributed by atoms with van der Waals surface area (Å²) >= 11 is 0. The smallest absolute Gasteiger partial charge is 0.330 e. The van der Waals surface area contributed by atoms with Gasteiger partial charge in [-0.05, 0) is 12.5 Å². The number of hydrogen-bond acceptors (Lipinski definition) is 3. The molecule has 0 amide bonds. The molecule has 2 rings (SSSR count). The second kappa shape index (κ2) is 6.15. The van der Waals surface area contributed by atoms with Gasteiger partial charge < -0.3 is 9.67 Å². The quantitative estimate of drug-likeness (QED) is 0.868. The number of aromatic nitrogens is 2. The van der Waals surface area contributed by atoms with E-state index in [4.69, 9.17) is 0 Å². The van der Waals surface area contributed by atoms with Gasteiger partial charge in [-0.3, -0.25) is 9.36 Å². The lowest BCUT2D eigenvalue weighted by Gasteiger charge is -2.23. The van der Waals surface area contributed by atoms with E-state index >= 15 is 0 Å². The first kappa shape index (κ1) is 16.0. The molecule has 0 saturated carbocycles. The molecule has 5 heteroatoms. The Labute approximate surface area is 128 Å². The first-order chi connectivity index (χ1) is 10.4. The molecule has 0 saturated heterocycles. The van der Waals surface area contributed by atoms with Crippen molar-refractivity contribution in [3.8, 4) is 0 Å². The maximum absolute atomic E-state index is 12.4. The molecule has 0 fully saturated rings. The molecule has 1 aromatic carbocycles. The highest BCUT2D eigenvalue weighted by molar-refractivity contribution is 5.30. The second-order valence-electron chi connectivity index (χ2n) is 5.32. The van der Waals surface area contributed by atoms with Crippen molar-refractivity contribution in [2.75, 3.05) is 0 Å². The fourth-order valence-electron chi connectivity index (χ4n) is 2.61. The minimum absolute atomic E-state index is 0.221. The second-order valence-corrected chi connectivity index (χ2v) is 5.32. The molecule has 0 aliphatic carbocycles. The van der Waals surface area contributed by atoms with Crippen LogP contribution in [0.1, 0.15) is 28.8 Å². The number of hydrogen-bond donors (Lipinski definition) is 1. The largest absolute Gasteiger partial charge is 0.387 e. The molecule has 0 spiro atoms. The van der Waals surface area contributed by atoms with Crippen LogP contribution >= 0.6 is 0 Å². The summed E-state index contributed by atoms with van der Waals surface area (Å²) in [5.41, 5.74) is 0.659. The Morgan fingerprint density at radius 1 is 1.14 bits per heavy atom. The molecule has 1 N–H and O–H groups in total. The molecule has 1 heterocycles. The summed E-state index contributed by atoms with van der Waals surface area (Å²) in [6.45, 7) is 5.43. The molecule has 116 valence electrons. The van der Waals surface area contributed by atoms with Crippen LogP contribution in [-0.4, -0.2) is 14.2 Å². The summed E-state index contributed by atoms with van der Waals surface area (Å²) < 4.78 is 2.38. The van der Waals surface area contributed by atoms with E-state index in [2.05, 4.69) is 6.58 Å². The average molecular weight is 300 g/mol. The molecular weight excluding hydrogens is 280 g/mol. The molecule has 2 aromatic rings. The van der Waals surface area contributed by atoms with E-state index < -0.39 is 23.3 Å². The summed E-state index contributed by atoms with van der Waals surface area (Å²) in [5.74, 6) is -0.426. The van der Waals surface area contributed by atoms with E-state index in [0.29, 0.717) is 5.69 Å². The van der Waals surface area contributed by atoms with Crippen LogP contribution < -0.4 is 11.2 Å². The zero-order chi connectivity index (χ0) is 16.4. The van der Waals surface area contributed by atoms with Crippen molar-refractivity contribution in [3.63, 3.8) is 0 Å². The monoisotopic (exact) mass is 300 g/mol. The van der Waals surface area contributed by atoms with Crippen molar-refractivity contribution in [1.82, 2.24) is 9.13 Å². The minimum atomic E-state index is -1.06. The third-order valence-corrected chi connectivity index (χ3v) is 4.08. The Morgan fingerprint density at radius 2 is 1.73 bits per heavy atom. The van der Waals surface area contributed by atoms with Gasteiger partial charge in [0.05, 0.1) is 11.7 Å². The molecule has 2 unspecified atom stereocenters. The van der Waals surface area contributed by atoms with Gasteiger partial charge in [-0.25, -0.2) is 4.79 Å². The number of rotatable bonds is 4. The summed E-state index contributed by atoms with van der Waals surface area (Å²) in [4.78, 5) is 24.3. The van der Waals surface area contributed by atoms with Crippen LogP contribution in [-0.2, 0) is 14.1 Å². The van der Waals surface area contributed by atoms with E-state index in [0.717, 1.165) is 10.1 Å². The number of nitrogens with zero attached hydrogens (tertiary/aromatic N) is 2. The molecular formula is C17H20N2O3. The van der Waals surface area contributed by atoms with Gasteiger partial charge in [-0.15, -0.1) is 6.58 Å². The summed E-state index contributed by atoms with van der Waals surface area (Å²) in [6.07, 6.45) is 0.551. The van der Waals surface area contributed by atoms with E-state index in [9.17, 15) is 14.7 Å². The van der Waals surface area contributed by atoms with Gasteiger partial charge in [0.2, 0.25) is 0 Å². The van der Waals surface area contributed by atoms with Crippen LogP contribution in [0.3, 0.4) is 0 Å². The molecule has 0 bridgehead atoms. The predicted molar refractivity (Wildman–Crippen MR) is 86.0 cm³/mol. The molecule has 1 aromatic heterocycles. The van der Waals surface area contributed by atoms with Crippen LogP contribution in [0, 0.1) is 6.92 Å². The minimum Gasteiger partial charge on any atom is -0.387 e. The molecule has 0 radical (unpaired) electrons. The Morgan fingerprint density at radius 3 is 2.27 bits per heavy atom. The number of aliphatic hydroxyl groups is 1. The van der Waals surface area contributed by atoms with Crippen molar-refractivity contribution in [3.05, 3.63) is 80.6 Å². The third-order valence-electron chi connectivity index (χ3n) is 4.08. The lowest BCUT2D eigenvalue weighted by molar-refractivity contribution is 0.157. The molecule has 0 aliphatic rings. The van der Waals surface area contributed by atoms with Crippen LogP contribution in [0.2, 0.25) is 0 Å². The Kier molecular flexibility index (Phi) is 4.47. The van der Waals surface area contributed by atoms with Crippen molar-refractivity contribution in [1.29, 1.82) is 0 Å². The van der Waals surface area contributed by atoms with Gasteiger partial charge in [-0.2, -0.15) is 0 Å². The Bertz CT molecular complexity index is 803. The molecule has 0 aliphatic heterocycles. The zero-order valence-electron chi connectivity index (χ0n) is 13.0. The average Bonchev–Trinajstić information content (AvgIpc) is 2.53. The van der Waals surface area contributed by atoms with Gasteiger partial charge >= 0.3 is 5.69 Å². The predicted octanol–water partition coefficient (Wildman–Crippen LogP) is 1.40. The zero-order valence-corrected chi connectivity index (χ0v) is 13.0. The Hall–Kier alpha value is -2.40. The van der Waals surface area contributed by atoms with E-state index in [-0.39, 0.29) is 5.56 Å². The third kappa shape index (κ3) is 2.55. The van der Waals surface area contributed by atoms with Crippen molar-refractivity contribution >= 4 is 0 Å². The standard InChI is InChI=1S/C17H20N2O3/c1-5-13(12-9-7-6-8-10-12)15(20)14-11(2)18(3)17(22)19(4)16(14)21/h5-10,13,15,20H,1H2,2-4H3. The van der Waals surface area contributed by atoms with Crippen LogP contribution in [0.15, 0.2) is 52.6 Å². The lowest BCUT2D eigenvalue weighted by atomic mass is 9.89. The normalized spacial score (nSPS) is 13.6. The lowest BCUT2D eigenvalue weighted by Crippen LogP contribution is -2.41. The molecule has 5 nitrogen and oxygen atoms in total. The van der Waals surface area contributed by atoms with E-state index in [1.54, 1.807) is 20.0 Å². The highest BCUT2D eigenvalue weighted by atomic mass is 16.3. The van der Waals surface area contributed by atoms with E-state index in [1.165, 1.54) is 11.6 Å². The van der Waals surface area contributed by atoms with Gasteiger partial charge in [0.1, 0.15) is 0 Å². The summed E-state index contributed by atoms with van der Waals surface area (Å²) in [5, 5.41) is 10.7. The van der Waals surface area contributed by atoms with Gasteiger partial charge in [0.15, 0.2) is 0 Å². The highest BCUT2D eigenvalue weighted by Crippen LogP contribution is 2.31. The van der Waals surface area contributed by atoms with Crippen LogP contribution in [0.5, 0.6) is 0 Å². The summed E-state index contributed by atoms with van der Waals surface area (Å²) in [6, 6.07) is 9.36. The Balaban J connectivity index is 2.63. The van der Waals surface area contributed by atoms with Crippen LogP contribution in [0.4, 0.5) is 0 Å². The fourth-order valence-corrected chi connectivity index (χ4v) is 2.61.